The number of rotatable bonds is 2. The first-order chi connectivity index (χ1) is 12.3. The lowest BCUT2D eigenvalue weighted by atomic mass is 9.94. The molecule has 26 heavy (non-hydrogen) atoms. The molecule has 0 bridgehead atoms. The minimum atomic E-state index is -1.15. The van der Waals surface area contributed by atoms with Crippen molar-refractivity contribution in [2.75, 3.05) is 7.05 Å². The fourth-order valence-corrected chi connectivity index (χ4v) is 3.00. The second kappa shape index (κ2) is 7.00. The van der Waals surface area contributed by atoms with Gasteiger partial charge in [0.25, 0.3) is 5.91 Å². The molecule has 1 aliphatic heterocycles. The van der Waals surface area contributed by atoms with Gasteiger partial charge >= 0.3 is 0 Å². The zero-order valence-corrected chi connectivity index (χ0v) is 15.5. The number of benzene rings is 1. The first-order valence-electron chi connectivity index (χ1n) is 7.67. The first-order valence-corrected chi connectivity index (χ1v) is 8.42. The Kier molecular flexibility index (Phi) is 4.92. The number of likely N-dealkylation sites (N-methyl/N-ethyl adjacent to an activating group) is 1. The van der Waals surface area contributed by atoms with Gasteiger partial charge in [-0.3, -0.25) is 4.79 Å². The van der Waals surface area contributed by atoms with E-state index in [2.05, 4.69) is 0 Å². The van der Waals surface area contributed by atoms with Crippen LogP contribution < -0.4 is 0 Å². The van der Waals surface area contributed by atoms with Gasteiger partial charge in [-0.05, 0) is 48.9 Å². The number of nitrogens with zero attached hydrogens (tertiary/aromatic N) is 2. The summed E-state index contributed by atoms with van der Waals surface area (Å²) in [5.74, 6) is 0.539. The van der Waals surface area contributed by atoms with Gasteiger partial charge in [0.15, 0.2) is 6.23 Å². The Hall–Kier alpha value is -2.52. The number of hydrogen-bond acceptors (Lipinski definition) is 4. The van der Waals surface area contributed by atoms with Crippen molar-refractivity contribution in [1.29, 1.82) is 5.26 Å². The minimum absolute atomic E-state index is 0.000289. The van der Waals surface area contributed by atoms with Crippen molar-refractivity contribution in [2.24, 2.45) is 0 Å². The number of aliphatic hydroxyl groups excluding tert-OH is 1. The molecule has 1 amide bonds. The highest BCUT2D eigenvalue weighted by Gasteiger charge is 2.33. The van der Waals surface area contributed by atoms with Crippen LogP contribution in [-0.4, -0.2) is 29.2 Å². The largest absolute Gasteiger partial charge is 0.457 e. The van der Waals surface area contributed by atoms with Gasteiger partial charge in [-0.15, -0.1) is 0 Å². The molecule has 1 N–H and O–H groups in total. The monoisotopic (exact) mass is 388 g/mol. The molecule has 1 atom stereocenters. The summed E-state index contributed by atoms with van der Waals surface area (Å²) < 4.78 is 5.80. The number of aliphatic hydroxyl groups is 1. The van der Waals surface area contributed by atoms with E-state index in [-0.39, 0.29) is 5.57 Å². The van der Waals surface area contributed by atoms with Crippen LogP contribution in [0.4, 0.5) is 0 Å². The van der Waals surface area contributed by atoms with Crippen molar-refractivity contribution >= 4 is 35.2 Å². The van der Waals surface area contributed by atoms with E-state index in [1.165, 1.54) is 7.05 Å². The molecule has 0 aliphatic carbocycles. The van der Waals surface area contributed by atoms with Crippen molar-refractivity contribution in [3.8, 4) is 17.4 Å². The number of amides is 1. The van der Waals surface area contributed by atoms with E-state index in [0.717, 1.165) is 10.5 Å². The molecule has 0 fully saturated rings. The molecule has 2 aromatic rings. The predicted octanol–water partition coefficient (Wildman–Crippen LogP) is 4.27. The quantitative estimate of drug-likeness (QED) is 0.832. The van der Waals surface area contributed by atoms with E-state index in [4.69, 9.17) is 27.6 Å². The summed E-state index contributed by atoms with van der Waals surface area (Å²) >= 11 is 12.0. The van der Waals surface area contributed by atoms with Gasteiger partial charge in [-0.1, -0.05) is 23.2 Å². The SMILES string of the molecule is CC1=C(C#N)C(=O)N(C)C(O)C1=Cc1ccc(-c2ccc(Cl)c(Cl)c2)o1. The maximum Gasteiger partial charge on any atom is 0.266 e. The van der Waals surface area contributed by atoms with Gasteiger partial charge in [0, 0.05) is 18.2 Å². The lowest BCUT2D eigenvalue weighted by Gasteiger charge is -2.31. The Bertz CT molecular complexity index is 998. The highest BCUT2D eigenvalue weighted by molar-refractivity contribution is 6.42. The van der Waals surface area contributed by atoms with Gasteiger partial charge < -0.3 is 14.4 Å². The number of furan rings is 1. The predicted molar refractivity (Wildman–Crippen MR) is 99.2 cm³/mol. The van der Waals surface area contributed by atoms with Crippen LogP contribution in [0.15, 0.2) is 51.5 Å². The third kappa shape index (κ3) is 3.15. The Morgan fingerprint density at radius 1 is 1.27 bits per heavy atom. The van der Waals surface area contributed by atoms with E-state index in [9.17, 15) is 15.2 Å². The Labute approximate surface area is 160 Å². The van der Waals surface area contributed by atoms with E-state index in [1.54, 1.807) is 43.3 Å². The van der Waals surface area contributed by atoms with Gasteiger partial charge in [0.1, 0.15) is 23.2 Å². The summed E-state index contributed by atoms with van der Waals surface area (Å²) in [6.07, 6.45) is 0.458. The van der Waals surface area contributed by atoms with Crippen LogP contribution >= 0.6 is 23.2 Å². The Morgan fingerprint density at radius 2 is 2.00 bits per heavy atom. The molecule has 1 aromatic heterocycles. The van der Waals surface area contributed by atoms with Gasteiger partial charge in [-0.2, -0.15) is 5.26 Å². The average Bonchev–Trinajstić information content (AvgIpc) is 3.08. The second-order valence-electron chi connectivity index (χ2n) is 5.83. The van der Waals surface area contributed by atoms with Crippen LogP contribution in [-0.2, 0) is 4.79 Å². The molecule has 0 radical (unpaired) electrons. The van der Waals surface area contributed by atoms with Gasteiger partial charge in [0.05, 0.1) is 10.0 Å². The summed E-state index contributed by atoms with van der Waals surface area (Å²) in [6.45, 7) is 1.63. The van der Waals surface area contributed by atoms with Gasteiger partial charge in [-0.25, -0.2) is 0 Å². The van der Waals surface area contributed by atoms with E-state index in [1.807, 2.05) is 6.07 Å². The third-order valence-corrected chi connectivity index (χ3v) is 4.97. The summed E-state index contributed by atoms with van der Waals surface area (Å²) in [7, 11) is 1.44. The molecule has 132 valence electrons. The fourth-order valence-electron chi connectivity index (χ4n) is 2.70. The zero-order chi connectivity index (χ0) is 19.0. The Morgan fingerprint density at radius 3 is 2.65 bits per heavy atom. The van der Waals surface area contributed by atoms with Crippen LogP contribution in [0.5, 0.6) is 0 Å². The van der Waals surface area contributed by atoms with E-state index >= 15 is 0 Å². The normalized spacial score (nSPS) is 19.2. The van der Waals surface area contributed by atoms with E-state index < -0.39 is 12.1 Å². The molecule has 5 nitrogen and oxygen atoms in total. The number of carbonyl (C=O) groups excluding carboxylic acids is 1. The molecular weight excluding hydrogens is 375 g/mol. The number of carbonyl (C=O) groups is 1. The van der Waals surface area contributed by atoms with Crippen LogP contribution in [0.3, 0.4) is 0 Å². The van der Waals surface area contributed by atoms with E-state index in [0.29, 0.717) is 32.7 Å². The third-order valence-electron chi connectivity index (χ3n) is 4.23. The van der Waals surface area contributed by atoms with Crippen molar-refractivity contribution in [2.45, 2.75) is 13.2 Å². The first kappa shape index (κ1) is 18.3. The molecule has 7 heteroatoms. The summed E-state index contributed by atoms with van der Waals surface area (Å²) in [5, 5.41) is 20.4. The lowest BCUT2D eigenvalue weighted by molar-refractivity contribution is -0.133. The molecule has 0 saturated carbocycles. The van der Waals surface area contributed by atoms with Crippen LogP contribution in [0.2, 0.25) is 10.0 Å². The van der Waals surface area contributed by atoms with Crippen molar-refractivity contribution in [3.63, 3.8) is 0 Å². The number of nitriles is 1. The van der Waals surface area contributed by atoms with Crippen molar-refractivity contribution in [1.82, 2.24) is 4.90 Å². The van der Waals surface area contributed by atoms with Crippen LogP contribution in [0.25, 0.3) is 17.4 Å². The van der Waals surface area contributed by atoms with Crippen molar-refractivity contribution in [3.05, 3.63) is 62.9 Å². The zero-order valence-electron chi connectivity index (χ0n) is 14.0. The molecule has 1 aromatic carbocycles. The number of halogens is 2. The lowest BCUT2D eigenvalue weighted by Crippen LogP contribution is -2.43. The highest BCUT2D eigenvalue weighted by Crippen LogP contribution is 2.32. The molecule has 1 unspecified atom stereocenters. The standard InChI is InChI=1S/C19H14Cl2N2O3/c1-10-13(18(24)23(2)19(25)14(10)9-22)8-12-4-6-17(26-12)11-3-5-15(20)16(21)7-11/h3-8,18,24H,1-2H3. The second-order valence-corrected chi connectivity index (χ2v) is 6.65. The summed E-state index contributed by atoms with van der Waals surface area (Å²) in [4.78, 5) is 13.1. The minimum Gasteiger partial charge on any atom is -0.457 e. The molecule has 2 heterocycles. The molecule has 1 aliphatic rings. The van der Waals surface area contributed by atoms with Crippen molar-refractivity contribution < 1.29 is 14.3 Å². The fraction of sp³-hybridized carbons (Fsp3) is 0.158. The molecule has 0 saturated heterocycles. The number of hydrogen-bond donors (Lipinski definition) is 1. The molecule has 3 rings (SSSR count). The van der Waals surface area contributed by atoms with Crippen LogP contribution in [0.1, 0.15) is 12.7 Å². The maximum absolute atomic E-state index is 12.0. The molecule has 0 spiro atoms. The smallest absolute Gasteiger partial charge is 0.266 e. The summed E-state index contributed by atoms with van der Waals surface area (Å²) in [5.41, 5.74) is 1.61. The highest BCUT2D eigenvalue weighted by atomic mass is 35.5. The maximum atomic E-state index is 12.0. The molecular formula is C19H14Cl2N2O3. The average molecular weight is 389 g/mol. The van der Waals surface area contributed by atoms with Gasteiger partial charge in [0.2, 0.25) is 0 Å². The van der Waals surface area contributed by atoms with Crippen LogP contribution in [0, 0.1) is 11.3 Å². The Balaban J connectivity index is 2.01. The summed E-state index contributed by atoms with van der Waals surface area (Å²) in [6, 6.07) is 10.5. The topological polar surface area (TPSA) is 77.5 Å².